The molecular weight excluding hydrogens is 323 g/mol. The second kappa shape index (κ2) is 5.26. The number of hydrogen-bond donors (Lipinski definition) is 1. The molecule has 1 aromatic carbocycles. The zero-order valence-corrected chi connectivity index (χ0v) is 10.7. The van der Waals surface area contributed by atoms with Crippen molar-refractivity contribution in [3.63, 3.8) is 0 Å². The van der Waals surface area contributed by atoms with Crippen LogP contribution in [0.3, 0.4) is 0 Å². The maximum absolute atomic E-state index is 12.7. The Hall–Kier alpha value is -0.760. The molecule has 8 heteroatoms. The fraction of sp³-hybridized carbons (Fsp3) is 0.333. The summed E-state index contributed by atoms with van der Waals surface area (Å²) in [4.78, 5) is 9.58. The van der Waals surface area contributed by atoms with Gasteiger partial charge in [0, 0.05) is 22.7 Å². The van der Waals surface area contributed by atoms with Crippen molar-refractivity contribution in [2.24, 2.45) is 0 Å². The molecule has 1 atom stereocenters. The molecule has 0 aliphatic rings. The van der Waals surface area contributed by atoms with Crippen LogP contribution in [-0.2, 0) is 6.18 Å². The molecule has 0 aromatic heterocycles. The smallest absolute Gasteiger partial charge is 0.258 e. The number of benzene rings is 1. The van der Waals surface area contributed by atoms with E-state index in [4.69, 9.17) is 0 Å². The first-order chi connectivity index (χ1) is 7.77. The quantitative estimate of drug-likeness (QED) is 0.394. The topological polar surface area (TPSA) is 43.1 Å². The Kier molecular flexibility index (Phi) is 4.42. The molecule has 0 saturated carbocycles. The van der Waals surface area contributed by atoms with Gasteiger partial charge in [-0.3, -0.25) is 10.1 Å². The highest BCUT2D eigenvalue weighted by Gasteiger charge is 2.36. The molecule has 0 amide bonds. The SMILES string of the molecule is O=[N+]([O-])c1ccc(C(S)CBr)c(C(F)(F)F)c1. The molecule has 1 unspecified atom stereocenters. The van der Waals surface area contributed by atoms with E-state index in [0.717, 1.165) is 12.1 Å². The van der Waals surface area contributed by atoms with Gasteiger partial charge in [0.1, 0.15) is 0 Å². The summed E-state index contributed by atoms with van der Waals surface area (Å²) in [6.45, 7) is 0. The Morgan fingerprint density at radius 1 is 1.47 bits per heavy atom. The minimum absolute atomic E-state index is 0.0803. The summed E-state index contributed by atoms with van der Waals surface area (Å²) < 4.78 is 38.1. The van der Waals surface area contributed by atoms with Crippen LogP contribution in [0.2, 0.25) is 0 Å². The van der Waals surface area contributed by atoms with Crippen LogP contribution in [0.1, 0.15) is 16.4 Å². The van der Waals surface area contributed by atoms with Crippen molar-refractivity contribution in [3.8, 4) is 0 Å². The van der Waals surface area contributed by atoms with E-state index >= 15 is 0 Å². The minimum atomic E-state index is -4.63. The molecule has 1 rings (SSSR count). The van der Waals surface area contributed by atoms with Crippen molar-refractivity contribution in [2.75, 3.05) is 5.33 Å². The Morgan fingerprint density at radius 3 is 2.47 bits per heavy atom. The molecule has 0 N–H and O–H groups in total. The fourth-order valence-electron chi connectivity index (χ4n) is 1.28. The van der Waals surface area contributed by atoms with Crippen molar-refractivity contribution in [2.45, 2.75) is 11.4 Å². The minimum Gasteiger partial charge on any atom is -0.258 e. The fourth-order valence-corrected chi connectivity index (χ4v) is 1.85. The molecule has 0 spiro atoms. The van der Waals surface area contributed by atoms with Gasteiger partial charge in [-0.2, -0.15) is 25.8 Å². The van der Waals surface area contributed by atoms with E-state index in [9.17, 15) is 23.3 Å². The molecule has 17 heavy (non-hydrogen) atoms. The van der Waals surface area contributed by atoms with Gasteiger partial charge in [-0.15, -0.1) is 0 Å². The third-order valence-electron chi connectivity index (χ3n) is 2.06. The lowest BCUT2D eigenvalue weighted by Crippen LogP contribution is -2.11. The van der Waals surface area contributed by atoms with E-state index in [2.05, 4.69) is 28.6 Å². The monoisotopic (exact) mass is 329 g/mol. The summed E-state index contributed by atoms with van der Waals surface area (Å²) in [6, 6.07) is 2.65. The first kappa shape index (κ1) is 14.3. The molecular formula is C9H7BrF3NO2S. The highest BCUT2D eigenvalue weighted by Crippen LogP contribution is 2.38. The molecule has 0 heterocycles. The highest BCUT2D eigenvalue weighted by atomic mass is 79.9. The van der Waals surface area contributed by atoms with Gasteiger partial charge in [-0.05, 0) is 5.56 Å². The van der Waals surface area contributed by atoms with E-state index < -0.39 is 27.6 Å². The third kappa shape index (κ3) is 3.35. The van der Waals surface area contributed by atoms with Gasteiger partial charge in [-0.25, -0.2) is 0 Å². The van der Waals surface area contributed by atoms with Crippen molar-refractivity contribution in [1.82, 2.24) is 0 Å². The number of nitro groups is 1. The Bertz CT molecular complexity index is 439. The number of hydrogen-bond acceptors (Lipinski definition) is 3. The van der Waals surface area contributed by atoms with Gasteiger partial charge in [0.2, 0.25) is 0 Å². The Labute approximate surface area is 109 Å². The van der Waals surface area contributed by atoms with Gasteiger partial charge >= 0.3 is 6.18 Å². The lowest BCUT2D eigenvalue weighted by molar-refractivity contribution is -0.385. The van der Waals surface area contributed by atoms with Gasteiger partial charge in [0.15, 0.2) is 0 Å². The summed E-state index contributed by atoms with van der Waals surface area (Å²) >= 11 is 7.01. The van der Waals surface area contributed by atoms with E-state index in [-0.39, 0.29) is 10.9 Å². The van der Waals surface area contributed by atoms with Crippen LogP contribution in [0.25, 0.3) is 0 Å². The first-order valence-electron chi connectivity index (χ1n) is 4.37. The standard InChI is InChI=1S/C9H7BrF3NO2S/c10-4-8(17)6-2-1-5(14(15)16)3-7(6)9(11,12)13/h1-3,8,17H,4H2. The first-order valence-corrected chi connectivity index (χ1v) is 6.00. The summed E-state index contributed by atoms with van der Waals surface area (Å²) in [5.74, 6) is 0. The number of halogens is 4. The molecule has 0 bridgehead atoms. The lowest BCUT2D eigenvalue weighted by atomic mass is 10.0. The molecule has 94 valence electrons. The van der Waals surface area contributed by atoms with Gasteiger partial charge in [0.25, 0.3) is 5.69 Å². The number of non-ortho nitro benzene ring substituents is 1. The van der Waals surface area contributed by atoms with Gasteiger partial charge < -0.3 is 0 Å². The molecule has 0 aliphatic carbocycles. The molecule has 0 saturated heterocycles. The zero-order valence-electron chi connectivity index (χ0n) is 8.24. The molecule has 0 aliphatic heterocycles. The maximum Gasteiger partial charge on any atom is 0.416 e. The maximum atomic E-state index is 12.7. The Morgan fingerprint density at radius 2 is 2.06 bits per heavy atom. The highest BCUT2D eigenvalue weighted by molar-refractivity contribution is 9.09. The number of rotatable bonds is 3. The number of thiol groups is 1. The van der Waals surface area contributed by atoms with Crippen LogP contribution in [0.15, 0.2) is 18.2 Å². The Balaban J connectivity index is 3.37. The zero-order chi connectivity index (χ0) is 13.2. The van der Waals surface area contributed by atoms with E-state index in [0.29, 0.717) is 6.07 Å². The third-order valence-corrected chi connectivity index (χ3v) is 3.67. The van der Waals surface area contributed by atoms with Crippen molar-refractivity contribution in [3.05, 3.63) is 39.4 Å². The normalized spacial score (nSPS) is 13.5. The predicted octanol–water partition coefficient (Wildman–Crippen LogP) is 3.98. The molecule has 1 aromatic rings. The lowest BCUT2D eigenvalue weighted by Gasteiger charge is -2.15. The molecule has 0 radical (unpaired) electrons. The average Bonchev–Trinajstić information content (AvgIpc) is 2.26. The van der Waals surface area contributed by atoms with Crippen molar-refractivity contribution in [1.29, 1.82) is 0 Å². The van der Waals surface area contributed by atoms with Crippen LogP contribution in [0.5, 0.6) is 0 Å². The largest absolute Gasteiger partial charge is 0.416 e. The molecule has 0 fully saturated rings. The summed E-state index contributed by atoms with van der Waals surface area (Å²) in [7, 11) is 0. The second-order valence-electron chi connectivity index (χ2n) is 3.20. The summed E-state index contributed by atoms with van der Waals surface area (Å²) in [5.41, 5.74) is -1.69. The average molecular weight is 330 g/mol. The van der Waals surface area contributed by atoms with Crippen LogP contribution >= 0.6 is 28.6 Å². The van der Waals surface area contributed by atoms with E-state index in [1.165, 1.54) is 0 Å². The van der Waals surface area contributed by atoms with Crippen LogP contribution in [0, 0.1) is 10.1 Å². The van der Waals surface area contributed by atoms with E-state index in [1.54, 1.807) is 0 Å². The number of alkyl halides is 4. The summed E-state index contributed by atoms with van der Waals surface area (Å²) in [5, 5.41) is 9.99. The van der Waals surface area contributed by atoms with E-state index in [1.807, 2.05) is 0 Å². The van der Waals surface area contributed by atoms with Crippen LogP contribution in [-0.4, -0.2) is 10.3 Å². The van der Waals surface area contributed by atoms with Gasteiger partial charge in [-0.1, -0.05) is 22.0 Å². The second-order valence-corrected chi connectivity index (χ2v) is 4.47. The number of nitro benzene ring substituents is 1. The van der Waals surface area contributed by atoms with Crippen molar-refractivity contribution < 1.29 is 18.1 Å². The van der Waals surface area contributed by atoms with Gasteiger partial charge in [0.05, 0.1) is 10.5 Å². The number of nitrogens with zero attached hydrogens (tertiary/aromatic N) is 1. The molecule has 3 nitrogen and oxygen atoms in total. The van der Waals surface area contributed by atoms with Crippen LogP contribution in [0.4, 0.5) is 18.9 Å². The summed E-state index contributed by atoms with van der Waals surface area (Å²) in [6.07, 6.45) is -4.63. The van der Waals surface area contributed by atoms with Crippen molar-refractivity contribution >= 4 is 34.2 Å². The predicted molar refractivity (Wildman–Crippen MR) is 63.6 cm³/mol. The van der Waals surface area contributed by atoms with Crippen LogP contribution < -0.4 is 0 Å².